The van der Waals surface area contributed by atoms with Crippen molar-refractivity contribution in [2.24, 2.45) is 0 Å². The van der Waals surface area contributed by atoms with Gasteiger partial charge in [0.05, 0.1) is 18.7 Å². The Morgan fingerprint density at radius 2 is 1.68 bits per heavy atom. The molecule has 0 aliphatic carbocycles. The van der Waals surface area contributed by atoms with Crippen LogP contribution >= 0.6 is 0 Å². The SMILES string of the molecule is COc1cccc(Oc2c(F)cc(C#N)cc2F)c1. The normalized spacial score (nSPS) is 9.79. The van der Waals surface area contributed by atoms with E-state index in [1.165, 1.54) is 13.2 Å². The Morgan fingerprint density at radius 3 is 2.26 bits per heavy atom. The lowest BCUT2D eigenvalue weighted by Crippen LogP contribution is -1.94. The van der Waals surface area contributed by atoms with E-state index in [4.69, 9.17) is 14.7 Å². The molecular weight excluding hydrogens is 252 g/mol. The van der Waals surface area contributed by atoms with E-state index in [1.54, 1.807) is 24.3 Å². The van der Waals surface area contributed by atoms with Gasteiger partial charge in [0.15, 0.2) is 17.4 Å². The van der Waals surface area contributed by atoms with Gasteiger partial charge in [-0.1, -0.05) is 6.07 Å². The zero-order valence-corrected chi connectivity index (χ0v) is 9.98. The predicted octanol–water partition coefficient (Wildman–Crippen LogP) is 3.64. The first-order valence-electron chi connectivity index (χ1n) is 5.35. The number of nitrogens with zero attached hydrogens (tertiary/aromatic N) is 1. The van der Waals surface area contributed by atoms with E-state index in [0.29, 0.717) is 5.75 Å². The Bertz CT molecular complexity index is 627. The van der Waals surface area contributed by atoms with Gasteiger partial charge >= 0.3 is 0 Å². The Labute approximate surface area is 108 Å². The van der Waals surface area contributed by atoms with Gasteiger partial charge in [0, 0.05) is 6.07 Å². The Balaban J connectivity index is 2.36. The highest BCUT2D eigenvalue weighted by Gasteiger charge is 2.14. The third-order valence-corrected chi connectivity index (χ3v) is 2.39. The maximum Gasteiger partial charge on any atom is 0.198 e. The molecule has 5 heteroatoms. The first-order valence-corrected chi connectivity index (χ1v) is 5.35. The molecule has 0 bridgehead atoms. The average molecular weight is 261 g/mol. The zero-order chi connectivity index (χ0) is 13.8. The summed E-state index contributed by atoms with van der Waals surface area (Å²) in [6.07, 6.45) is 0. The molecule has 0 saturated carbocycles. The highest BCUT2D eigenvalue weighted by Crippen LogP contribution is 2.30. The molecule has 0 aliphatic heterocycles. The van der Waals surface area contributed by atoms with E-state index in [0.717, 1.165) is 12.1 Å². The molecule has 0 radical (unpaired) electrons. The minimum Gasteiger partial charge on any atom is -0.497 e. The number of rotatable bonds is 3. The molecule has 0 aromatic heterocycles. The number of ether oxygens (including phenoxy) is 2. The molecule has 96 valence electrons. The predicted molar refractivity (Wildman–Crippen MR) is 64.1 cm³/mol. The summed E-state index contributed by atoms with van der Waals surface area (Å²) in [5, 5.41) is 8.59. The standard InChI is InChI=1S/C14H9F2NO2/c1-18-10-3-2-4-11(7-10)19-14-12(15)5-9(8-17)6-13(14)16/h2-7H,1H3. The van der Waals surface area contributed by atoms with E-state index in [-0.39, 0.29) is 11.3 Å². The molecule has 0 amide bonds. The van der Waals surface area contributed by atoms with Gasteiger partial charge in [-0.15, -0.1) is 0 Å². The van der Waals surface area contributed by atoms with Gasteiger partial charge in [-0.05, 0) is 24.3 Å². The van der Waals surface area contributed by atoms with Gasteiger partial charge in [-0.3, -0.25) is 0 Å². The Morgan fingerprint density at radius 1 is 1.05 bits per heavy atom. The maximum absolute atomic E-state index is 13.6. The van der Waals surface area contributed by atoms with Gasteiger partial charge in [-0.2, -0.15) is 5.26 Å². The molecule has 0 unspecified atom stereocenters. The number of benzene rings is 2. The van der Waals surface area contributed by atoms with Crippen LogP contribution in [0.25, 0.3) is 0 Å². The first kappa shape index (κ1) is 12.8. The second-order valence-corrected chi connectivity index (χ2v) is 3.66. The van der Waals surface area contributed by atoms with Crippen molar-refractivity contribution in [3.8, 4) is 23.3 Å². The molecule has 0 fully saturated rings. The molecule has 19 heavy (non-hydrogen) atoms. The molecule has 0 aliphatic rings. The lowest BCUT2D eigenvalue weighted by molar-refractivity contribution is 0.393. The number of hydrogen-bond donors (Lipinski definition) is 0. The van der Waals surface area contributed by atoms with Gasteiger partial charge in [0.2, 0.25) is 0 Å². The topological polar surface area (TPSA) is 42.2 Å². The fraction of sp³-hybridized carbons (Fsp3) is 0.0714. The van der Waals surface area contributed by atoms with E-state index >= 15 is 0 Å². The summed E-state index contributed by atoms with van der Waals surface area (Å²) in [7, 11) is 1.47. The van der Waals surface area contributed by atoms with Crippen LogP contribution in [0.15, 0.2) is 36.4 Å². The van der Waals surface area contributed by atoms with Crippen LogP contribution in [0.4, 0.5) is 8.78 Å². The van der Waals surface area contributed by atoms with Crippen molar-refractivity contribution in [1.82, 2.24) is 0 Å². The van der Waals surface area contributed by atoms with Gasteiger partial charge < -0.3 is 9.47 Å². The number of hydrogen-bond acceptors (Lipinski definition) is 3. The van der Waals surface area contributed by atoms with Crippen LogP contribution in [0.1, 0.15) is 5.56 Å². The van der Waals surface area contributed by atoms with E-state index in [2.05, 4.69) is 0 Å². The van der Waals surface area contributed by atoms with Gasteiger partial charge in [0.1, 0.15) is 11.5 Å². The van der Waals surface area contributed by atoms with Crippen LogP contribution in [0.3, 0.4) is 0 Å². The second kappa shape index (κ2) is 5.36. The molecule has 0 N–H and O–H groups in total. The fourth-order valence-corrected chi connectivity index (χ4v) is 1.50. The summed E-state index contributed by atoms with van der Waals surface area (Å²) in [6, 6.07) is 9.84. The molecule has 2 aromatic rings. The minimum atomic E-state index is -0.931. The molecule has 2 rings (SSSR count). The van der Waals surface area contributed by atoms with Crippen molar-refractivity contribution < 1.29 is 18.3 Å². The molecular formula is C14H9F2NO2. The Hall–Kier alpha value is -2.61. The van der Waals surface area contributed by atoms with E-state index in [9.17, 15) is 8.78 Å². The highest BCUT2D eigenvalue weighted by atomic mass is 19.1. The summed E-state index contributed by atoms with van der Waals surface area (Å²) in [6.45, 7) is 0. The third kappa shape index (κ3) is 2.80. The Kier molecular flexibility index (Phi) is 3.62. The van der Waals surface area contributed by atoms with Gasteiger partial charge in [0.25, 0.3) is 0 Å². The number of methoxy groups -OCH3 is 1. The fourth-order valence-electron chi connectivity index (χ4n) is 1.50. The van der Waals surface area contributed by atoms with Crippen molar-refractivity contribution >= 4 is 0 Å². The molecule has 0 saturated heterocycles. The molecule has 0 spiro atoms. The molecule has 3 nitrogen and oxygen atoms in total. The number of nitriles is 1. The summed E-state index contributed by atoms with van der Waals surface area (Å²) >= 11 is 0. The van der Waals surface area contributed by atoms with Crippen molar-refractivity contribution in [2.45, 2.75) is 0 Å². The van der Waals surface area contributed by atoms with Crippen molar-refractivity contribution in [1.29, 1.82) is 5.26 Å². The zero-order valence-electron chi connectivity index (χ0n) is 9.98. The largest absolute Gasteiger partial charge is 0.497 e. The summed E-state index contributed by atoms with van der Waals surface area (Å²) in [5.74, 6) is -1.67. The first-order chi connectivity index (χ1) is 9.13. The third-order valence-electron chi connectivity index (χ3n) is 2.39. The smallest absolute Gasteiger partial charge is 0.198 e. The van der Waals surface area contributed by atoms with Gasteiger partial charge in [-0.25, -0.2) is 8.78 Å². The van der Waals surface area contributed by atoms with Crippen molar-refractivity contribution in [2.75, 3.05) is 7.11 Å². The summed E-state index contributed by atoms with van der Waals surface area (Å²) in [5.41, 5.74) is -0.104. The summed E-state index contributed by atoms with van der Waals surface area (Å²) < 4.78 is 37.4. The maximum atomic E-state index is 13.6. The second-order valence-electron chi connectivity index (χ2n) is 3.66. The monoisotopic (exact) mass is 261 g/mol. The van der Waals surface area contributed by atoms with Crippen LogP contribution in [0, 0.1) is 23.0 Å². The number of halogens is 2. The van der Waals surface area contributed by atoms with Crippen LogP contribution < -0.4 is 9.47 Å². The minimum absolute atomic E-state index is 0.104. The van der Waals surface area contributed by atoms with E-state index < -0.39 is 17.4 Å². The molecule has 0 atom stereocenters. The lowest BCUT2D eigenvalue weighted by atomic mass is 10.2. The highest BCUT2D eigenvalue weighted by molar-refractivity contribution is 5.41. The van der Waals surface area contributed by atoms with Crippen LogP contribution in [0.5, 0.6) is 17.2 Å². The average Bonchev–Trinajstić information content (AvgIpc) is 2.42. The lowest BCUT2D eigenvalue weighted by Gasteiger charge is -2.09. The van der Waals surface area contributed by atoms with Crippen molar-refractivity contribution in [3.63, 3.8) is 0 Å². The summed E-state index contributed by atoms with van der Waals surface area (Å²) in [4.78, 5) is 0. The molecule has 0 heterocycles. The van der Waals surface area contributed by atoms with Crippen LogP contribution in [-0.4, -0.2) is 7.11 Å². The van der Waals surface area contributed by atoms with Crippen LogP contribution in [-0.2, 0) is 0 Å². The van der Waals surface area contributed by atoms with E-state index in [1.807, 2.05) is 0 Å². The molecule has 2 aromatic carbocycles. The van der Waals surface area contributed by atoms with Crippen molar-refractivity contribution in [3.05, 3.63) is 53.6 Å². The van der Waals surface area contributed by atoms with Crippen LogP contribution in [0.2, 0.25) is 0 Å². The quantitative estimate of drug-likeness (QED) is 0.847.